The number of amides is 2. The Bertz CT molecular complexity index is 1160. The molecule has 1 heterocycles. The second-order valence-electron chi connectivity index (χ2n) is 11.4. The zero-order valence-corrected chi connectivity index (χ0v) is 21.3. The van der Waals surface area contributed by atoms with Gasteiger partial charge in [0.25, 0.3) is 0 Å². The minimum Gasteiger partial charge on any atom is -0.478 e. The molecule has 0 spiro atoms. The zero-order valence-electron chi connectivity index (χ0n) is 20.5. The second kappa shape index (κ2) is 8.46. The van der Waals surface area contributed by atoms with Gasteiger partial charge in [-0.05, 0) is 83.5 Å². The highest BCUT2D eigenvalue weighted by Gasteiger charge is 2.53. The summed E-state index contributed by atoms with van der Waals surface area (Å²) < 4.78 is 0. The van der Waals surface area contributed by atoms with Crippen molar-refractivity contribution in [2.75, 3.05) is 4.90 Å². The number of carboxylic acids is 1. The van der Waals surface area contributed by atoms with Crippen molar-refractivity contribution in [2.45, 2.75) is 65.8 Å². The molecule has 1 saturated carbocycles. The average Bonchev–Trinajstić information content (AvgIpc) is 3.02. The molecule has 4 rings (SSSR count). The first-order valence-corrected chi connectivity index (χ1v) is 12.2. The van der Waals surface area contributed by atoms with Crippen molar-refractivity contribution in [3.63, 3.8) is 0 Å². The Labute approximate surface area is 206 Å². The number of carbonyl (C=O) groups is 2. The molecule has 0 bridgehead atoms. The minimum absolute atomic E-state index is 0.121. The van der Waals surface area contributed by atoms with Crippen LogP contribution in [0.2, 0.25) is 5.02 Å². The van der Waals surface area contributed by atoms with Gasteiger partial charge in [0.15, 0.2) is 0 Å². The van der Waals surface area contributed by atoms with E-state index in [-0.39, 0.29) is 22.4 Å². The predicted octanol–water partition coefficient (Wildman–Crippen LogP) is 7.15. The van der Waals surface area contributed by atoms with Crippen LogP contribution >= 0.6 is 11.6 Å². The number of hydrogen-bond donors (Lipinski definition) is 2. The average molecular weight is 481 g/mol. The fourth-order valence-electron chi connectivity index (χ4n) is 5.05. The summed E-state index contributed by atoms with van der Waals surface area (Å²) in [6, 6.07) is 12.3. The lowest BCUT2D eigenvalue weighted by Gasteiger charge is -2.42. The topological polar surface area (TPSA) is 69.6 Å². The van der Waals surface area contributed by atoms with Crippen LogP contribution in [0.3, 0.4) is 0 Å². The van der Waals surface area contributed by atoms with Crippen LogP contribution in [0.25, 0.3) is 0 Å². The molecule has 1 unspecified atom stereocenters. The Kier molecular flexibility index (Phi) is 6.05. The molecule has 1 fully saturated rings. The van der Waals surface area contributed by atoms with Crippen molar-refractivity contribution in [3.05, 3.63) is 76.0 Å². The van der Waals surface area contributed by atoms with Crippen molar-refractivity contribution in [3.8, 4) is 0 Å². The fraction of sp³-hybridized carbons (Fsp3) is 0.429. The highest BCUT2D eigenvalue weighted by atomic mass is 35.5. The van der Waals surface area contributed by atoms with Crippen molar-refractivity contribution in [1.82, 2.24) is 5.32 Å². The molecule has 2 amide bonds. The third kappa shape index (κ3) is 4.46. The SMILES string of the molecule is CC(C)(C)CCc1ccc(C23CCC(C)(C)C2=CN(c2ccc(C(=O)O)cc2)C(=O)N3)cc1Cl. The molecule has 2 aliphatic rings. The van der Waals surface area contributed by atoms with E-state index in [0.717, 1.165) is 47.4 Å². The molecule has 2 aromatic rings. The van der Waals surface area contributed by atoms with Crippen molar-refractivity contribution in [2.24, 2.45) is 10.8 Å². The van der Waals surface area contributed by atoms with Gasteiger partial charge in [0.2, 0.25) is 0 Å². The number of halogens is 1. The lowest BCUT2D eigenvalue weighted by atomic mass is 9.76. The third-order valence-corrected chi connectivity index (χ3v) is 7.55. The molecule has 1 aliphatic carbocycles. The van der Waals surface area contributed by atoms with Gasteiger partial charge >= 0.3 is 12.0 Å². The molecule has 0 saturated heterocycles. The van der Waals surface area contributed by atoms with Crippen LogP contribution in [0.15, 0.2) is 54.2 Å². The standard InChI is InChI=1S/C28H33ClN2O3/c1-26(2,3)13-12-18-6-9-20(16-22(18)29)28-15-14-27(4,5)23(28)17-31(25(34)30-28)21-10-7-19(8-11-21)24(32)33/h6-11,16-17H,12-15H2,1-5H3,(H,30,34)(H,32,33). The van der Waals surface area contributed by atoms with Crippen LogP contribution in [-0.2, 0) is 12.0 Å². The quantitative estimate of drug-likeness (QED) is 0.477. The van der Waals surface area contributed by atoms with Gasteiger partial charge in [-0.2, -0.15) is 0 Å². The van der Waals surface area contributed by atoms with Gasteiger partial charge in [-0.1, -0.05) is 58.4 Å². The highest BCUT2D eigenvalue weighted by molar-refractivity contribution is 6.31. The minimum atomic E-state index is -0.994. The second-order valence-corrected chi connectivity index (χ2v) is 11.8. The number of anilines is 1. The fourth-order valence-corrected chi connectivity index (χ4v) is 5.32. The van der Waals surface area contributed by atoms with E-state index in [2.05, 4.69) is 52.1 Å². The summed E-state index contributed by atoms with van der Waals surface area (Å²) in [5.74, 6) is -0.994. The zero-order chi connectivity index (χ0) is 24.9. The maximum atomic E-state index is 13.3. The Balaban J connectivity index is 1.72. The summed E-state index contributed by atoms with van der Waals surface area (Å²) in [6.07, 6.45) is 5.61. The maximum Gasteiger partial charge on any atom is 0.335 e. The number of carbonyl (C=O) groups excluding carboxylic acids is 1. The number of nitrogens with one attached hydrogen (secondary N) is 1. The molecule has 5 nitrogen and oxygen atoms in total. The van der Waals surface area contributed by atoms with Gasteiger partial charge in [0.1, 0.15) is 0 Å². The van der Waals surface area contributed by atoms with E-state index in [1.165, 1.54) is 12.1 Å². The lowest BCUT2D eigenvalue weighted by molar-refractivity contribution is 0.0697. The first-order chi connectivity index (χ1) is 15.8. The Morgan fingerprint density at radius 2 is 1.79 bits per heavy atom. The molecule has 0 aromatic heterocycles. The molecule has 2 aromatic carbocycles. The van der Waals surface area contributed by atoms with Crippen molar-refractivity contribution >= 4 is 29.3 Å². The number of aryl methyl sites for hydroxylation is 1. The first kappa shape index (κ1) is 24.3. The number of fused-ring (bicyclic) bond motifs is 1. The molecular formula is C28H33ClN2O3. The number of nitrogens with zero attached hydrogens (tertiary/aromatic N) is 1. The predicted molar refractivity (Wildman–Crippen MR) is 136 cm³/mol. The van der Waals surface area contributed by atoms with Gasteiger partial charge in [-0.15, -0.1) is 0 Å². The summed E-state index contributed by atoms with van der Waals surface area (Å²) in [6.45, 7) is 11.1. The van der Waals surface area contributed by atoms with E-state index in [4.69, 9.17) is 11.6 Å². The largest absolute Gasteiger partial charge is 0.478 e. The molecule has 34 heavy (non-hydrogen) atoms. The van der Waals surface area contributed by atoms with Gasteiger partial charge in [-0.3, -0.25) is 4.90 Å². The van der Waals surface area contributed by atoms with E-state index in [0.29, 0.717) is 5.69 Å². The number of rotatable bonds is 5. The molecule has 2 N–H and O–H groups in total. The molecule has 180 valence electrons. The lowest BCUT2D eigenvalue weighted by Crippen LogP contribution is -2.54. The Morgan fingerprint density at radius 1 is 1.12 bits per heavy atom. The van der Waals surface area contributed by atoms with Gasteiger partial charge in [-0.25, -0.2) is 9.59 Å². The summed E-state index contributed by atoms with van der Waals surface area (Å²) in [5.41, 5.74) is 3.57. The summed E-state index contributed by atoms with van der Waals surface area (Å²) in [7, 11) is 0. The molecule has 6 heteroatoms. The number of benzene rings is 2. The summed E-state index contributed by atoms with van der Waals surface area (Å²) in [4.78, 5) is 26.1. The summed E-state index contributed by atoms with van der Waals surface area (Å²) in [5, 5.41) is 13.2. The highest BCUT2D eigenvalue weighted by Crippen LogP contribution is 2.55. The Hall–Kier alpha value is -2.79. The normalized spacial score (nSPS) is 21.6. The third-order valence-electron chi connectivity index (χ3n) is 7.19. The van der Waals surface area contributed by atoms with Crippen molar-refractivity contribution < 1.29 is 14.7 Å². The van der Waals surface area contributed by atoms with Crippen LogP contribution in [0.4, 0.5) is 10.5 Å². The molecule has 1 atom stereocenters. The van der Waals surface area contributed by atoms with Gasteiger partial charge < -0.3 is 10.4 Å². The van der Waals surface area contributed by atoms with E-state index in [1.54, 1.807) is 17.0 Å². The summed E-state index contributed by atoms with van der Waals surface area (Å²) >= 11 is 6.75. The van der Waals surface area contributed by atoms with Crippen LogP contribution in [0, 0.1) is 10.8 Å². The van der Waals surface area contributed by atoms with Gasteiger partial charge in [0.05, 0.1) is 16.8 Å². The number of aromatic carboxylic acids is 1. The maximum absolute atomic E-state index is 13.3. The monoisotopic (exact) mass is 480 g/mol. The smallest absolute Gasteiger partial charge is 0.335 e. The van der Waals surface area contributed by atoms with Crippen LogP contribution in [-0.4, -0.2) is 17.1 Å². The molecule has 0 radical (unpaired) electrons. The van der Waals surface area contributed by atoms with E-state index < -0.39 is 11.5 Å². The van der Waals surface area contributed by atoms with Crippen LogP contribution in [0.5, 0.6) is 0 Å². The number of urea groups is 1. The van der Waals surface area contributed by atoms with Crippen molar-refractivity contribution in [1.29, 1.82) is 0 Å². The van der Waals surface area contributed by atoms with E-state index in [1.807, 2.05) is 12.3 Å². The molecular weight excluding hydrogens is 448 g/mol. The van der Waals surface area contributed by atoms with Gasteiger partial charge in [0, 0.05) is 11.2 Å². The number of hydrogen-bond acceptors (Lipinski definition) is 2. The van der Waals surface area contributed by atoms with Crippen LogP contribution in [0.1, 0.15) is 75.4 Å². The molecule has 1 aliphatic heterocycles. The van der Waals surface area contributed by atoms with E-state index >= 15 is 0 Å². The Morgan fingerprint density at radius 3 is 2.38 bits per heavy atom. The van der Waals surface area contributed by atoms with Crippen LogP contribution < -0.4 is 10.2 Å². The van der Waals surface area contributed by atoms with E-state index in [9.17, 15) is 14.7 Å². The number of carboxylic acid groups (broad SMARTS) is 1. The first-order valence-electron chi connectivity index (χ1n) is 11.8.